The van der Waals surface area contributed by atoms with E-state index in [9.17, 15) is 0 Å². The maximum absolute atomic E-state index is 4.61. The van der Waals surface area contributed by atoms with Crippen molar-refractivity contribution in [3.63, 3.8) is 0 Å². The molecule has 16 heavy (non-hydrogen) atoms. The maximum Gasteiger partial charge on any atom is 0.191 e. The summed E-state index contributed by atoms with van der Waals surface area (Å²) in [7, 11) is 0. The summed E-state index contributed by atoms with van der Waals surface area (Å²) < 4.78 is 0.228. The lowest BCUT2D eigenvalue weighted by Gasteiger charge is -2.20. The Labute approximate surface area is 121 Å². The van der Waals surface area contributed by atoms with Crippen LogP contribution in [0.15, 0.2) is 4.99 Å². The zero-order valence-electron chi connectivity index (χ0n) is 10.7. The van der Waals surface area contributed by atoms with Crippen molar-refractivity contribution in [1.29, 1.82) is 0 Å². The molecule has 0 bridgehead atoms. The van der Waals surface area contributed by atoms with Crippen LogP contribution in [0, 0.1) is 0 Å². The summed E-state index contributed by atoms with van der Waals surface area (Å²) in [4.78, 5) is 4.61. The van der Waals surface area contributed by atoms with Gasteiger partial charge >= 0.3 is 0 Å². The van der Waals surface area contributed by atoms with Crippen LogP contribution < -0.4 is 10.6 Å². The molecule has 0 spiro atoms. The van der Waals surface area contributed by atoms with Gasteiger partial charge in [0.05, 0.1) is 6.54 Å². The standard InChI is InChI=1S/C11H23N3S.HI/c1-5-12-10(14-9-6-7-9)13-8-11(2,3)15-4;/h9H,5-8H2,1-4H3,(H2,12,13,14);1H. The highest BCUT2D eigenvalue weighted by Crippen LogP contribution is 2.21. The minimum absolute atomic E-state index is 0. The lowest BCUT2D eigenvalue weighted by molar-refractivity contribution is 0.710. The van der Waals surface area contributed by atoms with Crippen molar-refractivity contribution in [2.45, 2.75) is 44.4 Å². The predicted molar refractivity (Wildman–Crippen MR) is 85.1 cm³/mol. The molecule has 0 saturated heterocycles. The Kier molecular flexibility index (Phi) is 7.80. The number of nitrogens with zero attached hydrogens (tertiary/aromatic N) is 1. The van der Waals surface area contributed by atoms with Crippen LogP contribution >= 0.6 is 35.7 Å². The van der Waals surface area contributed by atoms with Gasteiger partial charge in [0.2, 0.25) is 0 Å². The SMILES string of the molecule is CCNC(=NCC(C)(C)SC)NC1CC1.I. The fourth-order valence-electron chi connectivity index (χ4n) is 1.08. The second-order valence-corrected chi connectivity index (χ2v) is 6.09. The highest BCUT2D eigenvalue weighted by Gasteiger charge is 2.22. The van der Waals surface area contributed by atoms with E-state index in [1.54, 1.807) is 0 Å². The lowest BCUT2D eigenvalue weighted by atomic mass is 10.2. The van der Waals surface area contributed by atoms with Crippen molar-refractivity contribution in [3.05, 3.63) is 0 Å². The van der Waals surface area contributed by atoms with E-state index < -0.39 is 0 Å². The molecule has 0 heterocycles. The molecule has 1 rings (SSSR count). The van der Waals surface area contributed by atoms with E-state index in [2.05, 4.69) is 42.7 Å². The zero-order chi connectivity index (χ0) is 11.3. The lowest BCUT2D eigenvalue weighted by Crippen LogP contribution is -2.39. The normalized spacial score (nSPS) is 16.6. The molecule has 0 aromatic carbocycles. The Bertz CT molecular complexity index is 227. The van der Waals surface area contributed by atoms with E-state index in [-0.39, 0.29) is 28.7 Å². The molecule has 0 radical (unpaired) electrons. The Morgan fingerprint density at radius 2 is 2.06 bits per heavy atom. The Morgan fingerprint density at radius 3 is 2.50 bits per heavy atom. The van der Waals surface area contributed by atoms with Gasteiger partial charge in [-0.25, -0.2) is 0 Å². The van der Waals surface area contributed by atoms with E-state index in [1.807, 2.05) is 11.8 Å². The summed E-state index contributed by atoms with van der Waals surface area (Å²) in [5.74, 6) is 0.974. The van der Waals surface area contributed by atoms with Gasteiger partial charge in [-0.2, -0.15) is 11.8 Å². The van der Waals surface area contributed by atoms with Crippen LogP contribution in [0.5, 0.6) is 0 Å². The highest BCUT2D eigenvalue weighted by molar-refractivity contribution is 14.0. The molecule has 0 unspecified atom stereocenters. The van der Waals surface area contributed by atoms with Gasteiger partial charge in [-0.1, -0.05) is 0 Å². The summed E-state index contributed by atoms with van der Waals surface area (Å²) >= 11 is 1.86. The second kappa shape index (κ2) is 7.63. The number of thioether (sulfide) groups is 1. The van der Waals surface area contributed by atoms with Gasteiger partial charge in [0.15, 0.2) is 5.96 Å². The molecule has 1 fully saturated rings. The van der Waals surface area contributed by atoms with Crippen LogP contribution in [0.3, 0.4) is 0 Å². The minimum atomic E-state index is 0. The molecule has 0 aromatic rings. The van der Waals surface area contributed by atoms with Crippen LogP contribution in [-0.2, 0) is 0 Å². The van der Waals surface area contributed by atoms with Gasteiger partial charge in [-0.15, -0.1) is 24.0 Å². The summed E-state index contributed by atoms with van der Waals surface area (Å²) in [6.45, 7) is 8.34. The van der Waals surface area contributed by atoms with Crippen molar-refractivity contribution in [3.8, 4) is 0 Å². The molecule has 0 aliphatic heterocycles. The van der Waals surface area contributed by atoms with Gasteiger partial charge in [0.25, 0.3) is 0 Å². The van der Waals surface area contributed by atoms with Crippen LogP contribution in [-0.4, -0.2) is 36.1 Å². The molecule has 1 saturated carbocycles. The number of hydrogen-bond donors (Lipinski definition) is 2. The third-order valence-corrected chi connectivity index (χ3v) is 3.67. The quantitative estimate of drug-likeness (QED) is 0.451. The van der Waals surface area contributed by atoms with Gasteiger partial charge in [0.1, 0.15) is 0 Å². The first kappa shape index (κ1) is 16.4. The largest absolute Gasteiger partial charge is 0.357 e. The fourth-order valence-corrected chi connectivity index (χ4v) is 1.27. The third-order valence-electron chi connectivity index (χ3n) is 2.43. The number of aliphatic imine (C=N–C) groups is 1. The molecule has 96 valence electrons. The first-order valence-electron chi connectivity index (χ1n) is 5.67. The molecule has 1 aliphatic carbocycles. The number of nitrogens with one attached hydrogen (secondary N) is 2. The van der Waals surface area contributed by atoms with Crippen LogP contribution in [0.2, 0.25) is 0 Å². The number of rotatable bonds is 5. The zero-order valence-corrected chi connectivity index (χ0v) is 13.8. The van der Waals surface area contributed by atoms with E-state index in [1.165, 1.54) is 12.8 Å². The van der Waals surface area contributed by atoms with E-state index in [0.717, 1.165) is 19.0 Å². The molecule has 0 atom stereocenters. The first-order chi connectivity index (χ1) is 7.07. The third kappa shape index (κ3) is 6.83. The van der Waals surface area contributed by atoms with Gasteiger partial charge in [-0.05, 0) is 39.9 Å². The Morgan fingerprint density at radius 1 is 1.44 bits per heavy atom. The van der Waals surface area contributed by atoms with E-state index in [0.29, 0.717) is 6.04 Å². The summed E-state index contributed by atoms with van der Waals surface area (Å²) in [6, 6.07) is 0.667. The van der Waals surface area contributed by atoms with Crippen molar-refractivity contribution in [1.82, 2.24) is 10.6 Å². The average Bonchev–Trinajstić information content (AvgIpc) is 2.99. The molecule has 1 aliphatic rings. The molecule has 0 aromatic heterocycles. The maximum atomic E-state index is 4.61. The number of guanidine groups is 1. The van der Waals surface area contributed by atoms with Crippen molar-refractivity contribution < 1.29 is 0 Å². The topological polar surface area (TPSA) is 36.4 Å². The second-order valence-electron chi connectivity index (χ2n) is 4.58. The van der Waals surface area contributed by atoms with Crippen molar-refractivity contribution in [2.24, 2.45) is 4.99 Å². The minimum Gasteiger partial charge on any atom is -0.357 e. The van der Waals surface area contributed by atoms with Crippen LogP contribution in [0.1, 0.15) is 33.6 Å². The predicted octanol–water partition coefficient (Wildman–Crippen LogP) is 2.46. The van der Waals surface area contributed by atoms with Gasteiger partial charge in [0, 0.05) is 17.3 Å². The molecular formula is C11H24IN3S. The smallest absolute Gasteiger partial charge is 0.191 e. The summed E-state index contributed by atoms with van der Waals surface area (Å²) in [5, 5.41) is 6.70. The summed E-state index contributed by atoms with van der Waals surface area (Å²) in [5.41, 5.74) is 0. The van der Waals surface area contributed by atoms with Crippen molar-refractivity contribution >= 4 is 41.7 Å². The molecule has 5 heteroatoms. The molecule has 2 N–H and O–H groups in total. The van der Waals surface area contributed by atoms with Gasteiger partial charge < -0.3 is 10.6 Å². The van der Waals surface area contributed by atoms with Gasteiger partial charge in [-0.3, -0.25) is 4.99 Å². The summed E-state index contributed by atoms with van der Waals surface area (Å²) in [6.07, 6.45) is 4.71. The molecule has 0 amide bonds. The molecule has 3 nitrogen and oxygen atoms in total. The van der Waals surface area contributed by atoms with Crippen LogP contribution in [0.25, 0.3) is 0 Å². The fraction of sp³-hybridized carbons (Fsp3) is 0.909. The molecular weight excluding hydrogens is 333 g/mol. The highest BCUT2D eigenvalue weighted by atomic mass is 127. The van der Waals surface area contributed by atoms with Crippen molar-refractivity contribution in [2.75, 3.05) is 19.3 Å². The number of halogens is 1. The monoisotopic (exact) mass is 357 g/mol. The number of hydrogen-bond acceptors (Lipinski definition) is 2. The van der Waals surface area contributed by atoms with Crippen LogP contribution in [0.4, 0.5) is 0 Å². The van der Waals surface area contributed by atoms with E-state index >= 15 is 0 Å². The Balaban J connectivity index is 0.00000225. The Hall–Kier alpha value is 0.350. The first-order valence-corrected chi connectivity index (χ1v) is 6.90. The average molecular weight is 357 g/mol. The van der Waals surface area contributed by atoms with E-state index in [4.69, 9.17) is 0 Å².